The molecule has 4 aromatic rings. The number of aromatic nitrogens is 2. The van der Waals surface area contributed by atoms with E-state index in [9.17, 15) is 14.5 Å². The topological polar surface area (TPSA) is 108 Å². The predicted molar refractivity (Wildman–Crippen MR) is 142 cm³/mol. The molecular formula is C29H27N5O3. The summed E-state index contributed by atoms with van der Waals surface area (Å²) >= 11 is 0. The van der Waals surface area contributed by atoms with Gasteiger partial charge in [-0.25, -0.2) is 0 Å². The van der Waals surface area contributed by atoms with Crippen molar-refractivity contribution in [1.29, 1.82) is 0 Å². The molecule has 2 amide bonds. The Morgan fingerprint density at radius 3 is 2.43 bits per heavy atom. The minimum Gasteiger partial charge on any atom is -0.340 e. The quantitative estimate of drug-likeness (QED) is 0.354. The monoisotopic (exact) mass is 493 g/mol. The number of nitroso groups, excluding NO2 is 1. The van der Waals surface area contributed by atoms with E-state index in [1.807, 2.05) is 78.9 Å². The van der Waals surface area contributed by atoms with Gasteiger partial charge in [0.05, 0.1) is 11.4 Å². The molecule has 0 radical (unpaired) electrons. The van der Waals surface area contributed by atoms with Gasteiger partial charge in [0, 0.05) is 30.6 Å². The lowest BCUT2D eigenvalue weighted by molar-refractivity contribution is -0.132. The molecule has 1 aromatic heterocycles. The molecule has 0 saturated carbocycles. The van der Waals surface area contributed by atoms with Crippen molar-refractivity contribution in [3.8, 4) is 22.5 Å². The van der Waals surface area contributed by atoms with Crippen LogP contribution in [-0.2, 0) is 11.2 Å². The summed E-state index contributed by atoms with van der Waals surface area (Å²) < 4.78 is 0. The predicted octanol–water partition coefficient (Wildman–Crippen LogP) is 4.45. The van der Waals surface area contributed by atoms with Crippen LogP contribution in [0, 0.1) is 4.91 Å². The highest BCUT2D eigenvalue weighted by molar-refractivity contribution is 6.02. The fourth-order valence-corrected chi connectivity index (χ4v) is 4.66. The normalized spacial score (nSPS) is 15.8. The number of nitrogens with one attached hydrogen (secondary N) is 2. The van der Waals surface area contributed by atoms with Crippen LogP contribution in [0.2, 0.25) is 0 Å². The lowest BCUT2D eigenvalue weighted by Crippen LogP contribution is -2.49. The SMILES string of the molecule is O=N[C@H]1CCN(C(=O)[C@H](Cc2ccccc2)NC(=O)c2ccccc2-c2cc(-c3ccccc3)[nH]n2)C1. The van der Waals surface area contributed by atoms with Crippen molar-refractivity contribution < 1.29 is 9.59 Å². The van der Waals surface area contributed by atoms with E-state index in [1.165, 1.54) is 0 Å². The second kappa shape index (κ2) is 11.0. The van der Waals surface area contributed by atoms with Gasteiger partial charge in [0.2, 0.25) is 5.91 Å². The average molecular weight is 494 g/mol. The number of carbonyl (C=O) groups excluding carboxylic acids is 2. The van der Waals surface area contributed by atoms with E-state index >= 15 is 0 Å². The zero-order valence-electron chi connectivity index (χ0n) is 20.2. The van der Waals surface area contributed by atoms with Gasteiger partial charge < -0.3 is 10.2 Å². The molecule has 186 valence electrons. The summed E-state index contributed by atoms with van der Waals surface area (Å²) in [6.07, 6.45) is 0.872. The first-order valence-electron chi connectivity index (χ1n) is 12.3. The highest BCUT2D eigenvalue weighted by Crippen LogP contribution is 2.26. The van der Waals surface area contributed by atoms with Crippen LogP contribution in [0.5, 0.6) is 0 Å². The zero-order chi connectivity index (χ0) is 25.6. The second-order valence-electron chi connectivity index (χ2n) is 9.13. The van der Waals surface area contributed by atoms with Crippen molar-refractivity contribution in [1.82, 2.24) is 20.4 Å². The van der Waals surface area contributed by atoms with Gasteiger partial charge in [-0.1, -0.05) is 84.0 Å². The molecule has 0 aliphatic carbocycles. The first kappa shape index (κ1) is 24.1. The molecule has 1 saturated heterocycles. The molecule has 0 spiro atoms. The number of carbonyl (C=O) groups is 2. The summed E-state index contributed by atoms with van der Waals surface area (Å²) in [7, 11) is 0. The van der Waals surface area contributed by atoms with Crippen molar-refractivity contribution in [3.63, 3.8) is 0 Å². The van der Waals surface area contributed by atoms with E-state index in [-0.39, 0.29) is 18.4 Å². The number of nitrogens with zero attached hydrogens (tertiary/aromatic N) is 3. The van der Waals surface area contributed by atoms with Gasteiger partial charge in [-0.15, -0.1) is 0 Å². The zero-order valence-corrected chi connectivity index (χ0v) is 20.2. The van der Waals surface area contributed by atoms with Crippen LogP contribution in [0.25, 0.3) is 22.5 Å². The Balaban J connectivity index is 1.40. The van der Waals surface area contributed by atoms with E-state index in [0.29, 0.717) is 36.2 Å². The van der Waals surface area contributed by atoms with Gasteiger partial charge in [-0.2, -0.15) is 10.0 Å². The molecule has 5 rings (SSSR count). The Hall–Kier alpha value is -4.59. The number of rotatable bonds is 8. The van der Waals surface area contributed by atoms with E-state index in [4.69, 9.17) is 0 Å². The fraction of sp³-hybridized carbons (Fsp3) is 0.207. The summed E-state index contributed by atoms with van der Waals surface area (Å²) in [5.74, 6) is -0.578. The number of aromatic amines is 1. The lowest BCUT2D eigenvalue weighted by atomic mass is 10.0. The smallest absolute Gasteiger partial charge is 0.252 e. The van der Waals surface area contributed by atoms with E-state index in [1.54, 1.807) is 17.0 Å². The van der Waals surface area contributed by atoms with E-state index in [0.717, 1.165) is 16.8 Å². The van der Waals surface area contributed by atoms with E-state index < -0.39 is 12.1 Å². The van der Waals surface area contributed by atoms with Crippen LogP contribution in [0.4, 0.5) is 0 Å². The molecule has 1 aliphatic rings. The molecule has 8 nitrogen and oxygen atoms in total. The number of amides is 2. The molecule has 1 fully saturated rings. The van der Waals surface area contributed by atoms with Gasteiger partial charge >= 0.3 is 0 Å². The van der Waals surface area contributed by atoms with Gasteiger partial charge in [-0.3, -0.25) is 14.7 Å². The molecular weight excluding hydrogens is 466 g/mol. The average Bonchev–Trinajstić information content (AvgIpc) is 3.64. The largest absolute Gasteiger partial charge is 0.340 e. The summed E-state index contributed by atoms with van der Waals surface area (Å²) in [5.41, 5.74) is 4.48. The maximum atomic E-state index is 13.6. The van der Waals surface area contributed by atoms with Gasteiger partial charge in [-0.05, 0) is 29.7 Å². The highest BCUT2D eigenvalue weighted by Gasteiger charge is 2.33. The Morgan fingerprint density at radius 1 is 1.00 bits per heavy atom. The molecule has 37 heavy (non-hydrogen) atoms. The van der Waals surface area contributed by atoms with Crippen molar-refractivity contribution in [2.45, 2.75) is 24.9 Å². The Labute approximate surface area is 214 Å². The maximum absolute atomic E-state index is 13.6. The van der Waals surface area contributed by atoms with Gasteiger partial charge in [0.15, 0.2) is 0 Å². The number of hydrogen-bond acceptors (Lipinski definition) is 5. The van der Waals surface area contributed by atoms with Crippen molar-refractivity contribution in [3.05, 3.63) is 107 Å². The van der Waals surface area contributed by atoms with Crippen LogP contribution in [0.15, 0.2) is 96.2 Å². The molecule has 3 aromatic carbocycles. The van der Waals surface area contributed by atoms with Crippen molar-refractivity contribution in [2.75, 3.05) is 13.1 Å². The summed E-state index contributed by atoms with van der Waals surface area (Å²) in [6.45, 7) is 0.720. The summed E-state index contributed by atoms with van der Waals surface area (Å²) in [6, 6.07) is 27.3. The first-order valence-corrected chi connectivity index (χ1v) is 12.3. The molecule has 8 heteroatoms. The third-order valence-corrected chi connectivity index (χ3v) is 6.62. The summed E-state index contributed by atoms with van der Waals surface area (Å²) in [4.78, 5) is 39.6. The van der Waals surface area contributed by atoms with Gasteiger partial charge in [0.1, 0.15) is 12.1 Å². The Morgan fingerprint density at radius 2 is 1.70 bits per heavy atom. The highest BCUT2D eigenvalue weighted by atomic mass is 16.3. The fourth-order valence-electron chi connectivity index (χ4n) is 4.66. The third kappa shape index (κ3) is 5.48. The van der Waals surface area contributed by atoms with Crippen LogP contribution in [0.1, 0.15) is 22.3 Å². The minimum absolute atomic E-state index is 0.216. The van der Waals surface area contributed by atoms with Crippen molar-refractivity contribution >= 4 is 11.8 Å². The Bertz CT molecular complexity index is 1390. The lowest BCUT2D eigenvalue weighted by Gasteiger charge is -2.24. The van der Waals surface area contributed by atoms with E-state index in [2.05, 4.69) is 20.7 Å². The minimum atomic E-state index is -0.785. The number of benzene rings is 3. The maximum Gasteiger partial charge on any atom is 0.252 e. The molecule has 1 aliphatic heterocycles. The van der Waals surface area contributed by atoms with Crippen LogP contribution < -0.4 is 5.32 Å². The van der Waals surface area contributed by atoms with Crippen molar-refractivity contribution in [2.24, 2.45) is 5.18 Å². The van der Waals surface area contributed by atoms with Crippen LogP contribution in [-0.4, -0.2) is 52.1 Å². The number of hydrogen-bond donors (Lipinski definition) is 2. The third-order valence-electron chi connectivity index (χ3n) is 6.62. The molecule has 2 heterocycles. The second-order valence-corrected chi connectivity index (χ2v) is 9.13. The van der Waals surface area contributed by atoms with Gasteiger partial charge in [0.25, 0.3) is 5.91 Å². The molecule has 0 bridgehead atoms. The molecule has 2 N–H and O–H groups in total. The summed E-state index contributed by atoms with van der Waals surface area (Å²) in [5, 5.41) is 13.6. The first-order chi connectivity index (χ1) is 18.1. The Kier molecular flexibility index (Phi) is 7.16. The molecule has 2 atom stereocenters. The van der Waals surface area contributed by atoms with Crippen LogP contribution >= 0.6 is 0 Å². The standard InChI is InChI=1S/C29H27N5O3/c35-28(24-14-8-7-13-23(24)26-18-25(31-32-26)21-11-5-2-6-12-21)30-27(17-20-9-3-1-4-10-20)29(36)34-16-15-22(19-34)33-37/h1-14,18,22,27H,15-17,19H2,(H,30,35)(H,31,32)/t22-,27-/m0/s1. The molecule has 0 unspecified atom stereocenters. The van der Waals surface area contributed by atoms with Crippen LogP contribution in [0.3, 0.4) is 0 Å². The number of H-pyrrole nitrogens is 1. The number of likely N-dealkylation sites (tertiary alicyclic amines) is 1.